The van der Waals surface area contributed by atoms with Gasteiger partial charge < -0.3 is 66.0 Å². The third kappa shape index (κ3) is 10.1. The average Bonchev–Trinajstić information content (AvgIpc) is 3.63. The highest BCUT2D eigenvalue weighted by Crippen LogP contribution is 2.63. The Kier molecular flexibility index (Phi) is 15.9. The summed E-state index contributed by atoms with van der Waals surface area (Å²) in [5.74, 6) is -0.582. The summed E-state index contributed by atoms with van der Waals surface area (Å²) < 4.78 is 25.0. The van der Waals surface area contributed by atoms with Crippen LogP contribution in [0.15, 0.2) is 0 Å². The monoisotopic (exact) mass is 798 g/mol. The first kappa shape index (κ1) is 44.5. The molecule has 16 atom stereocenters. The summed E-state index contributed by atoms with van der Waals surface area (Å²) in [4.78, 5) is 12.9. The summed E-state index contributed by atoms with van der Waals surface area (Å²) in [7, 11) is 1.60. The van der Waals surface area contributed by atoms with Crippen LogP contribution in [0, 0.1) is 34.5 Å². The molecule has 1 spiro atoms. The maximum Gasteiger partial charge on any atom is 0.303 e. The van der Waals surface area contributed by atoms with Crippen LogP contribution in [0.25, 0.3) is 0 Å². The summed E-state index contributed by atoms with van der Waals surface area (Å²) in [6.07, 6.45) is 9.01. The molecule has 0 bridgehead atoms. The van der Waals surface area contributed by atoms with E-state index in [1.54, 1.807) is 7.11 Å². The molecule has 56 heavy (non-hydrogen) atoms. The largest absolute Gasteiger partial charge is 0.481 e. The van der Waals surface area contributed by atoms with E-state index in [1.807, 2.05) is 0 Å². The third-order valence-electron chi connectivity index (χ3n) is 15.5. The Morgan fingerprint density at radius 2 is 1.66 bits per heavy atom. The van der Waals surface area contributed by atoms with E-state index in [1.165, 1.54) is 0 Å². The number of aliphatic hydroxyl groups excluding tert-OH is 5. The quantitative estimate of drug-likeness (QED) is 0.102. The van der Waals surface area contributed by atoms with Crippen LogP contribution in [0.5, 0.6) is 0 Å². The molecule has 3 aliphatic heterocycles. The maximum atomic E-state index is 12.9. The van der Waals surface area contributed by atoms with Crippen molar-refractivity contribution in [2.24, 2.45) is 40.2 Å². The van der Waals surface area contributed by atoms with E-state index in [2.05, 4.69) is 17.6 Å². The third-order valence-corrected chi connectivity index (χ3v) is 15.5. The van der Waals surface area contributed by atoms with Gasteiger partial charge in [0.1, 0.15) is 12.9 Å². The number of carbonyl (C=O) groups is 1. The fraction of sp³-hybridized carbons (Fsp3) is 0.976. The first-order chi connectivity index (χ1) is 26.9. The van der Waals surface area contributed by atoms with Crippen LogP contribution in [0.1, 0.15) is 122 Å². The van der Waals surface area contributed by atoms with Gasteiger partial charge in [-0.2, -0.15) is 0 Å². The molecule has 0 aromatic rings. The van der Waals surface area contributed by atoms with Crippen LogP contribution in [-0.2, 0) is 23.7 Å². The molecule has 3 heterocycles. The zero-order valence-electron chi connectivity index (χ0n) is 34.0. The highest BCUT2D eigenvalue weighted by Gasteiger charge is 2.61. The lowest BCUT2D eigenvalue weighted by molar-refractivity contribution is -0.203. The number of aliphatic hydroxyl groups is 5. The molecule has 9 unspecified atom stereocenters. The SMILES string of the molecule is COC1CC([C@@H]2O[C@@H](CCC3CCC(O)C(OCO)C3)C[C@H](O)[C@H]2CCO)CC(OC[C@@H]2N[C@@H](C)CC3(CCCC3)[C@]2(CC(=O)O)CC2CCNC(N)C2)C1O. The second-order valence-corrected chi connectivity index (χ2v) is 18.9. The van der Waals surface area contributed by atoms with E-state index >= 15 is 0 Å². The summed E-state index contributed by atoms with van der Waals surface area (Å²) in [5, 5.41) is 70.7. The Hall–Kier alpha value is -1.01. The Bertz CT molecular complexity index is 1230. The number of ether oxygens (including phenoxy) is 4. The summed E-state index contributed by atoms with van der Waals surface area (Å²) in [6, 6.07) is -0.0441. The van der Waals surface area contributed by atoms with Crippen molar-refractivity contribution in [2.45, 2.75) is 190 Å². The predicted octanol–water partition coefficient (Wildman–Crippen LogP) is 2.40. The van der Waals surface area contributed by atoms with Gasteiger partial charge in [0.05, 0.1) is 61.9 Å². The molecule has 14 heteroatoms. The van der Waals surface area contributed by atoms with E-state index in [0.29, 0.717) is 50.4 Å². The molecule has 0 aromatic heterocycles. The van der Waals surface area contributed by atoms with Crippen molar-refractivity contribution >= 4 is 5.97 Å². The van der Waals surface area contributed by atoms with Crippen LogP contribution >= 0.6 is 0 Å². The molecular formula is C42H75N3O11. The topological polar surface area (TPSA) is 225 Å². The molecule has 3 aliphatic carbocycles. The zero-order chi connectivity index (χ0) is 40.0. The molecule has 14 nitrogen and oxygen atoms in total. The molecule has 0 amide bonds. The van der Waals surface area contributed by atoms with Crippen LogP contribution in [0.4, 0.5) is 0 Å². The smallest absolute Gasteiger partial charge is 0.303 e. The minimum atomic E-state index is -0.898. The van der Waals surface area contributed by atoms with Crippen molar-refractivity contribution < 1.29 is 54.4 Å². The van der Waals surface area contributed by atoms with Crippen molar-refractivity contribution in [2.75, 3.05) is 33.7 Å². The number of carboxylic acid groups (broad SMARTS) is 1. The molecule has 324 valence electrons. The van der Waals surface area contributed by atoms with E-state index in [0.717, 1.165) is 77.2 Å². The minimum absolute atomic E-state index is 0.0606. The standard InChI is InChI=1S/C42H75N3O11/c1-25-20-41(11-3-4-12-41)42(22-38(50)51,21-27-9-13-44-37(43)16-27)36(45-25)23-54-35-18-28(17-34(53-2)39(35)52)40-30(10-14-46)32(49)19-29(56-40)7-5-26-6-8-31(48)33(15-26)55-24-47/h25-37,39-40,44-49,52H,3-24,43H2,1-2H3,(H,50,51)/t25-,26?,27?,28?,29-,30+,31?,32-,33?,34?,35?,36-,37?,39?,40-,42-/m0/s1. The number of hydrogen-bond donors (Lipinski definition) is 9. The Labute approximate surface area is 333 Å². The molecule has 6 rings (SSSR count). The Balaban J connectivity index is 1.19. The van der Waals surface area contributed by atoms with Crippen molar-refractivity contribution in [3.8, 4) is 0 Å². The first-order valence-electron chi connectivity index (χ1n) is 22.0. The fourth-order valence-electron chi connectivity index (χ4n) is 12.9. The van der Waals surface area contributed by atoms with Crippen molar-refractivity contribution in [1.29, 1.82) is 0 Å². The van der Waals surface area contributed by atoms with Gasteiger partial charge in [0.25, 0.3) is 0 Å². The predicted molar refractivity (Wildman–Crippen MR) is 208 cm³/mol. The second-order valence-electron chi connectivity index (χ2n) is 18.9. The lowest BCUT2D eigenvalue weighted by atomic mass is 9.50. The van der Waals surface area contributed by atoms with Crippen LogP contribution in [0.2, 0.25) is 0 Å². The van der Waals surface area contributed by atoms with Gasteiger partial charge in [0, 0.05) is 37.1 Å². The molecule has 0 aromatic carbocycles. The molecule has 10 N–H and O–H groups in total. The van der Waals surface area contributed by atoms with Gasteiger partial charge in [0.2, 0.25) is 0 Å². The number of nitrogens with two attached hydrogens (primary N) is 1. The van der Waals surface area contributed by atoms with Crippen LogP contribution in [-0.4, -0.2) is 137 Å². The summed E-state index contributed by atoms with van der Waals surface area (Å²) in [6.45, 7) is 2.79. The lowest BCUT2D eigenvalue weighted by Gasteiger charge is -2.60. The maximum absolute atomic E-state index is 12.9. The number of hydrogen-bond acceptors (Lipinski definition) is 13. The highest BCUT2D eigenvalue weighted by atomic mass is 16.6. The summed E-state index contributed by atoms with van der Waals surface area (Å²) in [5.41, 5.74) is 5.73. The molecule has 3 saturated carbocycles. The van der Waals surface area contributed by atoms with E-state index in [9.17, 15) is 35.4 Å². The average molecular weight is 798 g/mol. The van der Waals surface area contributed by atoms with Gasteiger partial charge in [-0.15, -0.1) is 0 Å². The highest BCUT2D eigenvalue weighted by molar-refractivity contribution is 5.68. The normalized spacial score (nSPS) is 44.5. The van der Waals surface area contributed by atoms with Crippen LogP contribution in [0.3, 0.4) is 0 Å². The number of methoxy groups -OCH3 is 1. The van der Waals surface area contributed by atoms with Crippen molar-refractivity contribution in [3.05, 3.63) is 0 Å². The first-order valence-corrected chi connectivity index (χ1v) is 22.0. The number of piperidine rings is 2. The van der Waals surface area contributed by atoms with Crippen molar-refractivity contribution in [1.82, 2.24) is 10.6 Å². The Morgan fingerprint density at radius 1 is 0.893 bits per heavy atom. The molecular weight excluding hydrogens is 722 g/mol. The molecule has 0 radical (unpaired) electrons. The number of carboxylic acids is 1. The van der Waals surface area contributed by atoms with E-state index < -0.39 is 48.7 Å². The van der Waals surface area contributed by atoms with Crippen LogP contribution < -0.4 is 16.4 Å². The molecule has 3 saturated heterocycles. The fourth-order valence-corrected chi connectivity index (χ4v) is 12.9. The minimum Gasteiger partial charge on any atom is -0.481 e. The lowest BCUT2D eigenvalue weighted by Crippen LogP contribution is -2.66. The molecule has 6 aliphatic rings. The van der Waals surface area contributed by atoms with Crippen molar-refractivity contribution in [3.63, 3.8) is 0 Å². The summed E-state index contributed by atoms with van der Waals surface area (Å²) >= 11 is 0. The number of aliphatic carboxylic acids is 1. The second kappa shape index (κ2) is 20.0. The van der Waals surface area contributed by atoms with Gasteiger partial charge >= 0.3 is 5.97 Å². The Morgan fingerprint density at radius 3 is 2.36 bits per heavy atom. The van der Waals surface area contributed by atoms with Gasteiger partial charge in [-0.25, -0.2) is 0 Å². The molecule has 6 fully saturated rings. The van der Waals surface area contributed by atoms with Gasteiger partial charge in [0.15, 0.2) is 0 Å². The number of nitrogens with one attached hydrogen (secondary N) is 2. The zero-order valence-corrected chi connectivity index (χ0v) is 34.0. The van der Waals surface area contributed by atoms with Gasteiger partial charge in [-0.1, -0.05) is 12.8 Å². The van der Waals surface area contributed by atoms with Gasteiger partial charge in [-0.05, 0) is 133 Å². The van der Waals surface area contributed by atoms with Gasteiger partial charge in [-0.3, -0.25) is 4.79 Å². The number of rotatable bonds is 16. The van der Waals surface area contributed by atoms with E-state index in [4.69, 9.17) is 24.7 Å². The van der Waals surface area contributed by atoms with E-state index in [-0.39, 0.29) is 73.4 Å².